The van der Waals surface area contributed by atoms with Gasteiger partial charge in [0.25, 0.3) is 0 Å². The molecule has 1 aromatic rings. The Morgan fingerprint density at radius 1 is 1.21 bits per heavy atom. The van der Waals surface area contributed by atoms with Gasteiger partial charge in [-0.3, -0.25) is 0 Å². The first kappa shape index (κ1) is 14.5. The smallest absolute Gasteiger partial charge is 0.126 e. The van der Waals surface area contributed by atoms with E-state index in [2.05, 4.69) is 19.2 Å². The fraction of sp³-hybridized carbons (Fsp3) is 0.647. The van der Waals surface area contributed by atoms with E-state index in [-0.39, 0.29) is 5.82 Å². The van der Waals surface area contributed by atoms with Crippen LogP contribution in [0.1, 0.15) is 50.3 Å². The molecule has 106 valence electrons. The van der Waals surface area contributed by atoms with Gasteiger partial charge in [0.15, 0.2) is 0 Å². The summed E-state index contributed by atoms with van der Waals surface area (Å²) in [5.74, 6) is 2.19. The van der Waals surface area contributed by atoms with E-state index >= 15 is 0 Å². The van der Waals surface area contributed by atoms with Gasteiger partial charge in [-0.15, -0.1) is 0 Å². The predicted octanol–water partition coefficient (Wildman–Crippen LogP) is 4.47. The van der Waals surface area contributed by atoms with Gasteiger partial charge in [0.2, 0.25) is 0 Å². The lowest BCUT2D eigenvalue weighted by atomic mass is 9.72. The zero-order valence-electron chi connectivity index (χ0n) is 12.5. The highest BCUT2D eigenvalue weighted by atomic mass is 19.1. The Morgan fingerprint density at radius 3 is 2.53 bits per heavy atom. The van der Waals surface area contributed by atoms with Crippen LogP contribution in [-0.2, 0) is 0 Å². The number of halogens is 1. The maximum atomic E-state index is 13.4. The number of hydrogen-bond donors (Lipinski definition) is 1. The van der Waals surface area contributed by atoms with Crippen molar-refractivity contribution in [3.05, 3.63) is 35.1 Å². The summed E-state index contributed by atoms with van der Waals surface area (Å²) in [4.78, 5) is 0. The minimum atomic E-state index is -0.107. The van der Waals surface area contributed by atoms with Crippen LogP contribution < -0.4 is 5.32 Å². The maximum Gasteiger partial charge on any atom is 0.126 e. The normalized spacial score (nSPS) is 29.2. The summed E-state index contributed by atoms with van der Waals surface area (Å²) >= 11 is 0. The lowest BCUT2D eigenvalue weighted by Crippen LogP contribution is -2.31. The Labute approximate surface area is 116 Å². The van der Waals surface area contributed by atoms with Crippen molar-refractivity contribution in [2.75, 3.05) is 7.05 Å². The molecule has 0 saturated heterocycles. The monoisotopic (exact) mass is 263 g/mol. The van der Waals surface area contributed by atoms with Crippen molar-refractivity contribution >= 4 is 0 Å². The molecule has 0 aliphatic heterocycles. The quantitative estimate of drug-likeness (QED) is 0.848. The van der Waals surface area contributed by atoms with Gasteiger partial charge in [0, 0.05) is 6.04 Å². The molecule has 0 bridgehead atoms. The van der Waals surface area contributed by atoms with Crippen LogP contribution in [0.3, 0.4) is 0 Å². The van der Waals surface area contributed by atoms with Crippen molar-refractivity contribution in [2.24, 2.45) is 17.8 Å². The van der Waals surface area contributed by atoms with Crippen molar-refractivity contribution in [2.45, 2.75) is 46.1 Å². The summed E-state index contributed by atoms with van der Waals surface area (Å²) in [5, 5.41) is 3.45. The van der Waals surface area contributed by atoms with Crippen LogP contribution in [0.25, 0.3) is 0 Å². The van der Waals surface area contributed by atoms with Gasteiger partial charge >= 0.3 is 0 Å². The molecule has 1 aromatic carbocycles. The molecule has 4 unspecified atom stereocenters. The second-order valence-corrected chi connectivity index (χ2v) is 6.30. The molecule has 2 rings (SSSR count). The summed E-state index contributed by atoms with van der Waals surface area (Å²) < 4.78 is 13.4. The first-order valence-corrected chi connectivity index (χ1v) is 7.46. The number of rotatable bonds is 3. The van der Waals surface area contributed by atoms with E-state index < -0.39 is 0 Å². The highest BCUT2D eigenvalue weighted by molar-refractivity contribution is 5.27. The maximum absolute atomic E-state index is 13.4. The largest absolute Gasteiger partial charge is 0.313 e. The Morgan fingerprint density at radius 2 is 1.95 bits per heavy atom. The summed E-state index contributed by atoms with van der Waals surface area (Å²) in [5.41, 5.74) is 1.98. The Hall–Kier alpha value is -0.890. The van der Waals surface area contributed by atoms with Crippen molar-refractivity contribution in [3.63, 3.8) is 0 Å². The van der Waals surface area contributed by atoms with Crippen LogP contribution >= 0.6 is 0 Å². The van der Waals surface area contributed by atoms with E-state index in [0.717, 1.165) is 17.4 Å². The molecule has 0 spiro atoms. The number of hydrogen-bond acceptors (Lipinski definition) is 1. The summed E-state index contributed by atoms with van der Waals surface area (Å²) in [7, 11) is 2.02. The molecule has 1 fully saturated rings. The van der Waals surface area contributed by atoms with E-state index in [4.69, 9.17) is 0 Å². The molecule has 2 heteroatoms. The topological polar surface area (TPSA) is 12.0 Å². The SMILES string of the molecule is CNC(c1ccc(F)c(C)c1)C1CCC(C)C(C)C1. The fourth-order valence-corrected chi connectivity index (χ4v) is 3.43. The van der Waals surface area contributed by atoms with E-state index in [0.29, 0.717) is 12.0 Å². The first-order chi connectivity index (χ1) is 9.02. The van der Waals surface area contributed by atoms with E-state index in [1.54, 1.807) is 6.07 Å². The van der Waals surface area contributed by atoms with Crippen LogP contribution in [0.15, 0.2) is 18.2 Å². The van der Waals surface area contributed by atoms with E-state index in [9.17, 15) is 4.39 Å². The third-order valence-electron chi connectivity index (χ3n) is 4.96. The van der Waals surface area contributed by atoms with Gasteiger partial charge in [-0.2, -0.15) is 0 Å². The second kappa shape index (κ2) is 6.04. The van der Waals surface area contributed by atoms with Gasteiger partial charge in [0.05, 0.1) is 0 Å². The molecular formula is C17H26FN. The predicted molar refractivity (Wildman–Crippen MR) is 78.6 cm³/mol. The highest BCUT2D eigenvalue weighted by Gasteiger charge is 2.30. The van der Waals surface area contributed by atoms with Gasteiger partial charge in [-0.05, 0) is 61.8 Å². The molecule has 1 nitrogen and oxygen atoms in total. The molecule has 0 amide bonds. The van der Waals surface area contributed by atoms with Crippen LogP contribution in [0.5, 0.6) is 0 Å². The van der Waals surface area contributed by atoms with Gasteiger partial charge in [0.1, 0.15) is 5.82 Å². The lowest BCUT2D eigenvalue weighted by molar-refractivity contribution is 0.174. The Kier molecular flexibility index (Phi) is 4.62. The summed E-state index contributed by atoms with van der Waals surface area (Å²) in [6.45, 7) is 6.56. The van der Waals surface area contributed by atoms with Gasteiger partial charge in [-0.1, -0.05) is 32.4 Å². The highest BCUT2D eigenvalue weighted by Crippen LogP contribution is 2.39. The summed E-state index contributed by atoms with van der Waals surface area (Å²) in [6, 6.07) is 5.89. The molecule has 4 atom stereocenters. The van der Waals surface area contributed by atoms with Gasteiger partial charge < -0.3 is 5.32 Å². The molecule has 1 aliphatic carbocycles. The third kappa shape index (κ3) is 3.17. The minimum absolute atomic E-state index is 0.107. The average molecular weight is 263 g/mol. The van der Waals surface area contributed by atoms with E-state index in [1.807, 2.05) is 26.1 Å². The van der Waals surface area contributed by atoms with Gasteiger partial charge in [-0.25, -0.2) is 4.39 Å². The molecular weight excluding hydrogens is 237 g/mol. The van der Waals surface area contributed by atoms with Crippen molar-refractivity contribution < 1.29 is 4.39 Å². The van der Waals surface area contributed by atoms with Crippen molar-refractivity contribution in [1.29, 1.82) is 0 Å². The van der Waals surface area contributed by atoms with E-state index in [1.165, 1.54) is 24.8 Å². The Bertz CT molecular complexity index is 429. The number of aryl methyl sites for hydroxylation is 1. The molecule has 1 saturated carbocycles. The third-order valence-corrected chi connectivity index (χ3v) is 4.96. The molecule has 0 aromatic heterocycles. The number of nitrogens with one attached hydrogen (secondary N) is 1. The molecule has 0 heterocycles. The van der Waals surface area contributed by atoms with Crippen LogP contribution in [-0.4, -0.2) is 7.05 Å². The summed E-state index contributed by atoms with van der Waals surface area (Å²) in [6.07, 6.45) is 3.85. The van der Waals surface area contributed by atoms with Crippen LogP contribution in [0, 0.1) is 30.5 Å². The molecule has 1 N–H and O–H groups in total. The van der Waals surface area contributed by atoms with Crippen LogP contribution in [0.4, 0.5) is 4.39 Å². The number of benzene rings is 1. The fourth-order valence-electron chi connectivity index (χ4n) is 3.43. The van der Waals surface area contributed by atoms with Crippen molar-refractivity contribution in [3.8, 4) is 0 Å². The minimum Gasteiger partial charge on any atom is -0.313 e. The molecule has 19 heavy (non-hydrogen) atoms. The zero-order chi connectivity index (χ0) is 14.0. The van der Waals surface area contributed by atoms with Crippen molar-refractivity contribution in [1.82, 2.24) is 5.32 Å². The second-order valence-electron chi connectivity index (χ2n) is 6.30. The molecule has 1 aliphatic rings. The average Bonchev–Trinajstić information content (AvgIpc) is 2.39. The standard InChI is InChI=1S/C17H26FN/c1-11-5-6-14(9-12(11)2)17(19-4)15-7-8-16(18)13(3)10-15/h7-8,10-12,14,17,19H,5-6,9H2,1-4H3. The first-order valence-electron chi connectivity index (χ1n) is 7.46. The molecule has 0 radical (unpaired) electrons. The Balaban J connectivity index is 2.17. The lowest BCUT2D eigenvalue weighted by Gasteiger charge is -2.37. The zero-order valence-corrected chi connectivity index (χ0v) is 12.5. The van der Waals surface area contributed by atoms with Crippen LogP contribution in [0.2, 0.25) is 0 Å².